The van der Waals surface area contributed by atoms with Crippen molar-refractivity contribution in [1.29, 1.82) is 0 Å². The molecule has 0 radical (unpaired) electrons. The van der Waals surface area contributed by atoms with E-state index >= 15 is 0 Å². The third-order valence-electron chi connectivity index (χ3n) is 7.24. The molecule has 0 saturated heterocycles. The molecule has 1 unspecified atom stereocenters. The largest absolute Gasteiger partial charge is 0.311 e. The fourth-order valence-corrected chi connectivity index (χ4v) is 7.00. The summed E-state index contributed by atoms with van der Waals surface area (Å²) in [7, 11) is -0.952. The van der Waals surface area contributed by atoms with E-state index in [1.54, 1.807) is 7.05 Å². The fraction of sp³-hybridized carbons (Fsp3) is 0.636. The molecule has 7 nitrogen and oxygen atoms in total. The summed E-state index contributed by atoms with van der Waals surface area (Å²) in [5.41, 5.74) is 1.72. The van der Waals surface area contributed by atoms with E-state index in [0.29, 0.717) is 29.2 Å². The normalized spacial score (nSPS) is 29.4. The first-order chi connectivity index (χ1) is 14.9. The van der Waals surface area contributed by atoms with Gasteiger partial charge in [0.15, 0.2) is 0 Å². The van der Waals surface area contributed by atoms with Crippen molar-refractivity contribution in [3.05, 3.63) is 35.4 Å². The first kappa shape index (κ1) is 22.5. The van der Waals surface area contributed by atoms with Crippen LogP contribution in [0.15, 0.2) is 28.6 Å². The summed E-state index contributed by atoms with van der Waals surface area (Å²) in [5, 5.41) is -0.315. The minimum absolute atomic E-state index is 0.112. The molecular formula is C22H29N3O4S2. The maximum atomic E-state index is 13.9. The van der Waals surface area contributed by atoms with Crippen molar-refractivity contribution in [3.63, 3.8) is 0 Å². The van der Waals surface area contributed by atoms with Crippen LogP contribution in [0.1, 0.15) is 49.1 Å². The number of hydrogen-bond donors (Lipinski definition) is 1. The van der Waals surface area contributed by atoms with Crippen molar-refractivity contribution in [1.82, 2.24) is 9.62 Å². The number of aryl methyl sites for hydroxylation is 1. The average molecular weight is 464 g/mol. The Kier molecular flexibility index (Phi) is 6.83. The first-order valence-electron chi connectivity index (χ1n) is 10.9. The van der Waals surface area contributed by atoms with Gasteiger partial charge < -0.3 is 0 Å². The fourth-order valence-electron chi connectivity index (χ4n) is 6.24. The van der Waals surface area contributed by atoms with E-state index in [9.17, 15) is 18.0 Å². The Bertz CT molecular complexity index is 941. The van der Waals surface area contributed by atoms with E-state index in [1.165, 1.54) is 11.3 Å². The molecule has 168 valence electrons. The number of carbonyl (C=O) groups is 2. The maximum Gasteiger partial charge on any atom is 0.311 e. The van der Waals surface area contributed by atoms with Crippen molar-refractivity contribution < 1.29 is 18.0 Å². The van der Waals surface area contributed by atoms with Gasteiger partial charge in [0.2, 0.25) is 5.91 Å². The second-order valence-electron chi connectivity index (χ2n) is 9.19. The van der Waals surface area contributed by atoms with Crippen LogP contribution >= 0.6 is 11.9 Å². The lowest BCUT2D eigenvalue weighted by molar-refractivity contribution is -0.138. The summed E-state index contributed by atoms with van der Waals surface area (Å²) in [6.07, 6.45) is 5.57. The van der Waals surface area contributed by atoms with E-state index in [-0.39, 0.29) is 23.7 Å². The van der Waals surface area contributed by atoms with E-state index in [4.69, 9.17) is 0 Å². The summed E-state index contributed by atoms with van der Waals surface area (Å²) in [4.78, 5) is 28.5. The van der Waals surface area contributed by atoms with Gasteiger partial charge >= 0.3 is 15.7 Å². The van der Waals surface area contributed by atoms with Crippen LogP contribution in [0.2, 0.25) is 0 Å². The third-order valence-corrected chi connectivity index (χ3v) is 8.17. The number of benzene rings is 1. The molecule has 31 heavy (non-hydrogen) atoms. The number of imide groups is 1. The van der Waals surface area contributed by atoms with Crippen molar-refractivity contribution in [2.75, 3.05) is 13.6 Å². The highest BCUT2D eigenvalue weighted by Gasteiger charge is 2.53. The highest BCUT2D eigenvalue weighted by Crippen LogP contribution is 2.55. The zero-order chi connectivity index (χ0) is 22.1. The Labute approximate surface area is 189 Å². The Morgan fingerprint density at radius 2 is 1.68 bits per heavy atom. The monoisotopic (exact) mass is 463 g/mol. The van der Waals surface area contributed by atoms with Gasteiger partial charge in [-0.25, -0.2) is 0 Å². The zero-order valence-corrected chi connectivity index (χ0v) is 19.5. The molecule has 4 aliphatic carbocycles. The molecule has 4 saturated carbocycles. The second-order valence-corrected chi connectivity index (χ2v) is 10.8. The Hall–Kier alpha value is -1.71. The van der Waals surface area contributed by atoms with Crippen LogP contribution in [-0.2, 0) is 15.3 Å². The summed E-state index contributed by atoms with van der Waals surface area (Å²) in [6.45, 7) is 1.75. The molecule has 1 atom stereocenters. The van der Waals surface area contributed by atoms with Crippen LogP contribution in [0.3, 0.4) is 0 Å². The molecular weight excluding hydrogens is 434 g/mol. The molecule has 1 aromatic rings. The van der Waals surface area contributed by atoms with Gasteiger partial charge in [0.1, 0.15) is 0 Å². The molecule has 0 aliphatic heterocycles. The summed E-state index contributed by atoms with van der Waals surface area (Å²) in [5.74, 6) is 0.958. The van der Waals surface area contributed by atoms with E-state index in [1.807, 2.05) is 31.2 Å². The number of rotatable bonds is 6. The topological polar surface area (TPSA) is 95.9 Å². The summed E-state index contributed by atoms with van der Waals surface area (Å²) < 4.78 is 28.7. The average Bonchev–Trinajstić information content (AvgIpc) is 2.71. The minimum atomic E-state index is -2.61. The Morgan fingerprint density at radius 3 is 2.19 bits per heavy atom. The van der Waals surface area contributed by atoms with Gasteiger partial charge in [-0.2, -0.15) is 12.8 Å². The standard InChI is InChI=1S/C22H29N3O4S2/c1-13-3-5-16(6-4-13)19(12-24-31(28)29)21(26)25(22(27)30-23-2)20-17-8-14-7-15(10-17)11-18(20)9-14/h3-6,14-15,17-20,23H,7-12H2,1-2H3. The van der Waals surface area contributed by atoms with E-state index in [2.05, 4.69) is 9.08 Å². The highest BCUT2D eigenvalue weighted by molar-refractivity contribution is 8.11. The summed E-state index contributed by atoms with van der Waals surface area (Å²) >= 11 is 0.915. The van der Waals surface area contributed by atoms with Crippen molar-refractivity contribution >= 4 is 33.6 Å². The number of nitrogens with zero attached hydrogens (tertiary/aromatic N) is 2. The Balaban J connectivity index is 1.70. The van der Waals surface area contributed by atoms with Crippen molar-refractivity contribution in [2.45, 2.75) is 51.0 Å². The van der Waals surface area contributed by atoms with Gasteiger partial charge in [-0.3, -0.25) is 19.2 Å². The molecule has 1 aromatic carbocycles. The third kappa shape index (κ3) is 4.73. The minimum Gasteiger partial charge on any atom is -0.274 e. The van der Waals surface area contributed by atoms with Gasteiger partial charge in [0, 0.05) is 18.0 Å². The molecule has 4 aliphatic rings. The molecule has 0 heterocycles. The molecule has 0 aromatic heterocycles. The molecule has 0 spiro atoms. The second kappa shape index (κ2) is 9.42. The predicted molar refractivity (Wildman–Crippen MR) is 120 cm³/mol. The van der Waals surface area contributed by atoms with Crippen LogP contribution in [0, 0.1) is 30.6 Å². The van der Waals surface area contributed by atoms with Crippen LogP contribution < -0.4 is 4.72 Å². The van der Waals surface area contributed by atoms with Gasteiger partial charge in [-0.15, -0.1) is 0 Å². The molecule has 4 bridgehead atoms. The molecule has 2 amide bonds. The van der Waals surface area contributed by atoms with E-state index < -0.39 is 16.4 Å². The molecule has 4 fully saturated rings. The predicted octanol–water partition coefficient (Wildman–Crippen LogP) is 3.78. The van der Waals surface area contributed by atoms with Crippen molar-refractivity contribution in [3.8, 4) is 0 Å². The smallest absolute Gasteiger partial charge is 0.274 e. The van der Waals surface area contributed by atoms with Gasteiger partial charge in [-0.05, 0) is 75.3 Å². The number of nitrogens with one attached hydrogen (secondary N) is 1. The van der Waals surface area contributed by atoms with Crippen molar-refractivity contribution in [2.24, 2.45) is 28.0 Å². The summed E-state index contributed by atoms with van der Waals surface area (Å²) in [6, 6.07) is 7.32. The molecule has 1 N–H and O–H groups in total. The lowest BCUT2D eigenvalue weighted by atomic mass is 9.54. The van der Waals surface area contributed by atoms with Gasteiger partial charge in [0.25, 0.3) is 0 Å². The van der Waals surface area contributed by atoms with Gasteiger partial charge in [0.05, 0.1) is 12.5 Å². The van der Waals surface area contributed by atoms with Crippen LogP contribution in [0.5, 0.6) is 0 Å². The molecule has 9 heteroatoms. The van der Waals surface area contributed by atoms with Crippen LogP contribution in [0.4, 0.5) is 4.79 Å². The quantitative estimate of drug-likeness (QED) is 0.645. The lowest BCUT2D eigenvalue weighted by Crippen LogP contribution is -2.59. The first-order valence-corrected chi connectivity index (χ1v) is 12.8. The number of hydrogen-bond acceptors (Lipinski definition) is 7. The van der Waals surface area contributed by atoms with Crippen LogP contribution in [0.25, 0.3) is 0 Å². The zero-order valence-electron chi connectivity index (χ0n) is 17.9. The molecule has 5 rings (SSSR count). The SMILES string of the molecule is CNSC(=O)N(C(=O)C(CN=S(=O)=O)c1ccc(C)cc1)C1C2CC3CC(C2)CC1C3. The number of amides is 2. The van der Waals surface area contributed by atoms with Gasteiger partial charge in [-0.1, -0.05) is 29.8 Å². The lowest BCUT2D eigenvalue weighted by Gasteiger charge is -2.56. The Morgan fingerprint density at radius 1 is 1.10 bits per heavy atom. The maximum absolute atomic E-state index is 13.9. The van der Waals surface area contributed by atoms with E-state index in [0.717, 1.165) is 43.2 Å². The van der Waals surface area contributed by atoms with Crippen LogP contribution in [-0.4, -0.2) is 44.1 Å². The number of carbonyl (C=O) groups excluding carboxylic acids is 2. The highest BCUT2D eigenvalue weighted by atomic mass is 32.2.